The van der Waals surface area contributed by atoms with Gasteiger partial charge >= 0.3 is 11.9 Å². The number of ether oxygens (including phenoxy) is 2. The molecule has 0 fully saturated rings. The first kappa shape index (κ1) is 21.1. The number of anilines is 1. The number of hydrogen-bond donors (Lipinski definition) is 1. The molecule has 1 aromatic heterocycles. The van der Waals surface area contributed by atoms with Crippen LogP contribution in [-0.2, 0) is 26.1 Å². The Balaban J connectivity index is 2.28. The van der Waals surface area contributed by atoms with Gasteiger partial charge in [0.25, 0.3) is 0 Å². The Labute approximate surface area is 163 Å². The molecule has 2 aromatic rings. The first-order valence-electron chi connectivity index (χ1n) is 8.64. The standard InChI is InChI=1S/C20H24N2O6/c1-11-15(28-19(21-11)20(2,3)4)10-16(23)22-14-9-12(17(24)26-5)7-8-13(14)18(25)27-6/h7-9H,10H2,1-6H3,(H,22,23). The Kier molecular flexibility index (Phi) is 6.23. The second kappa shape index (κ2) is 8.24. The SMILES string of the molecule is COC(=O)c1ccc(C(=O)OC)c(NC(=O)Cc2oc(C(C)(C)C)nc2C)c1. The van der Waals surface area contributed by atoms with Gasteiger partial charge in [-0.05, 0) is 25.1 Å². The number of aryl methyl sites for hydroxylation is 1. The second-order valence-corrected chi connectivity index (χ2v) is 7.25. The molecule has 8 heteroatoms. The van der Waals surface area contributed by atoms with Crippen molar-refractivity contribution in [3.63, 3.8) is 0 Å². The van der Waals surface area contributed by atoms with Crippen molar-refractivity contribution in [2.24, 2.45) is 0 Å². The molecule has 0 aliphatic carbocycles. The van der Waals surface area contributed by atoms with Crippen LogP contribution >= 0.6 is 0 Å². The molecule has 150 valence electrons. The fourth-order valence-corrected chi connectivity index (χ4v) is 2.43. The van der Waals surface area contributed by atoms with Crippen LogP contribution < -0.4 is 5.32 Å². The van der Waals surface area contributed by atoms with E-state index in [2.05, 4.69) is 15.0 Å². The fourth-order valence-electron chi connectivity index (χ4n) is 2.43. The lowest BCUT2D eigenvalue weighted by atomic mass is 9.97. The van der Waals surface area contributed by atoms with Gasteiger partial charge in [-0.2, -0.15) is 0 Å². The minimum Gasteiger partial charge on any atom is -0.465 e. The molecule has 0 unspecified atom stereocenters. The highest BCUT2D eigenvalue weighted by molar-refractivity contribution is 6.03. The molecule has 1 N–H and O–H groups in total. The van der Waals surface area contributed by atoms with Crippen LogP contribution in [0.2, 0.25) is 0 Å². The lowest BCUT2D eigenvalue weighted by Gasteiger charge is -2.12. The van der Waals surface area contributed by atoms with Crippen LogP contribution in [0.1, 0.15) is 58.8 Å². The maximum absolute atomic E-state index is 12.5. The molecule has 0 spiro atoms. The normalized spacial score (nSPS) is 11.1. The highest BCUT2D eigenvalue weighted by Crippen LogP contribution is 2.25. The molecular weight excluding hydrogens is 364 g/mol. The lowest BCUT2D eigenvalue weighted by molar-refractivity contribution is -0.115. The maximum Gasteiger partial charge on any atom is 0.339 e. The van der Waals surface area contributed by atoms with Crippen molar-refractivity contribution >= 4 is 23.5 Å². The maximum atomic E-state index is 12.5. The quantitative estimate of drug-likeness (QED) is 0.784. The predicted octanol–water partition coefficient (Wildman–Crippen LogP) is 3.03. The van der Waals surface area contributed by atoms with Gasteiger partial charge in [0, 0.05) is 5.41 Å². The molecule has 0 radical (unpaired) electrons. The van der Waals surface area contributed by atoms with E-state index in [-0.39, 0.29) is 28.7 Å². The monoisotopic (exact) mass is 388 g/mol. The van der Waals surface area contributed by atoms with Gasteiger partial charge in [0.2, 0.25) is 5.91 Å². The summed E-state index contributed by atoms with van der Waals surface area (Å²) in [6.45, 7) is 7.65. The van der Waals surface area contributed by atoms with E-state index in [0.717, 1.165) is 0 Å². The zero-order valence-electron chi connectivity index (χ0n) is 16.8. The molecular formula is C20H24N2O6. The van der Waals surface area contributed by atoms with Crippen LogP contribution in [0.4, 0.5) is 5.69 Å². The van der Waals surface area contributed by atoms with E-state index in [0.29, 0.717) is 17.3 Å². The number of carbonyl (C=O) groups excluding carboxylic acids is 3. The van der Waals surface area contributed by atoms with E-state index in [1.165, 1.54) is 32.4 Å². The summed E-state index contributed by atoms with van der Waals surface area (Å²) in [5, 5.41) is 2.63. The molecule has 0 saturated heterocycles. The molecule has 0 bridgehead atoms. The molecule has 0 aliphatic heterocycles. The number of benzene rings is 1. The van der Waals surface area contributed by atoms with Crippen molar-refractivity contribution in [3.05, 3.63) is 46.7 Å². The molecule has 1 heterocycles. The second-order valence-electron chi connectivity index (χ2n) is 7.25. The average molecular weight is 388 g/mol. The number of aromatic nitrogens is 1. The topological polar surface area (TPSA) is 108 Å². The van der Waals surface area contributed by atoms with E-state index in [1.54, 1.807) is 6.92 Å². The molecule has 2 rings (SSSR count). The summed E-state index contributed by atoms with van der Waals surface area (Å²) in [5.74, 6) is -0.681. The van der Waals surface area contributed by atoms with Gasteiger partial charge in [-0.1, -0.05) is 20.8 Å². The number of esters is 2. The average Bonchev–Trinajstić information content (AvgIpc) is 3.01. The van der Waals surface area contributed by atoms with Gasteiger partial charge in [0.05, 0.1) is 43.1 Å². The predicted molar refractivity (Wildman–Crippen MR) is 101 cm³/mol. The number of nitrogens with zero attached hydrogens (tertiary/aromatic N) is 1. The van der Waals surface area contributed by atoms with Crippen molar-refractivity contribution < 1.29 is 28.3 Å². The van der Waals surface area contributed by atoms with Crippen LogP contribution in [0.3, 0.4) is 0 Å². The van der Waals surface area contributed by atoms with Crippen molar-refractivity contribution in [1.82, 2.24) is 4.98 Å². The zero-order valence-corrected chi connectivity index (χ0v) is 16.8. The summed E-state index contributed by atoms with van der Waals surface area (Å²) in [7, 11) is 2.47. The van der Waals surface area contributed by atoms with Gasteiger partial charge in [0.15, 0.2) is 5.89 Å². The zero-order chi connectivity index (χ0) is 21.1. The fraction of sp³-hybridized carbons (Fsp3) is 0.400. The van der Waals surface area contributed by atoms with E-state index < -0.39 is 17.8 Å². The van der Waals surface area contributed by atoms with Gasteiger partial charge in [-0.3, -0.25) is 4.79 Å². The first-order chi connectivity index (χ1) is 13.1. The van der Waals surface area contributed by atoms with Crippen LogP contribution in [0, 0.1) is 6.92 Å². The number of carbonyl (C=O) groups is 3. The van der Waals surface area contributed by atoms with Crippen molar-refractivity contribution in [3.8, 4) is 0 Å². The number of oxazole rings is 1. The molecule has 0 aliphatic rings. The number of hydrogen-bond acceptors (Lipinski definition) is 7. The van der Waals surface area contributed by atoms with Crippen LogP contribution in [0.15, 0.2) is 22.6 Å². The number of amides is 1. The highest BCUT2D eigenvalue weighted by atomic mass is 16.5. The summed E-state index contributed by atoms with van der Waals surface area (Å²) >= 11 is 0. The smallest absolute Gasteiger partial charge is 0.339 e. The Morgan fingerprint density at radius 2 is 1.75 bits per heavy atom. The molecule has 1 aromatic carbocycles. The molecule has 28 heavy (non-hydrogen) atoms. The molecule has 1 amide bonds. The third kappa shape index (κ3) is 4.76. The summed E-state index contributed by atoms with van der Waals surface area (Å²) < 4.78 is 15.1. The van der Waals surface area contributed by atoms with E-state index in [1.807, 2.05) is 20.8 Å². The third-order valence-corrected chi connectivity index (χ3v) is 3.98. The Morgan fingerprint density at radius 1 is 1.11 bits per heavy atom. The van der Waals surface area contributed by atoms with E-state index >= 15 is 0 Å². The number of nitrogens with one attached hydrogen (secondary N) is 1. The number of rotatable bonds is 5. The highest BCUT2D eigenvalue weighted by Gasteiger charge is 2.24. The van der Waals surface area contributed by atoms with Crippen LogP contribution in [0.5, 0.6) is 0 Å². The Hall–Kier alpha value is -3.16. The first-order valence-corrected chi connectivity index (χ1v) is 8.64. The largest absolute Gasteiger partial charge is 0.465 e. The van der Waals surface area contributed by atoms with Gasteiger partial charge in [-0.15, -0.1) is 0 Å². The Morgan fingerprint density at radius 3 is 2.29 bits per heavy atom. The van der Waals surface area contributed by atoms with Crippen molar-refractivity contribution in [1.29, 1.82) is 0 Å². The summed E-state index contributed by atoms with van der Waals surface area (Å²) in [6, 6.07) is 4.18. The van der Waals surface area contributed by atoms with Gasteiger partial charge < -0.3 is 19.2 Å². The van der Waals surface area contributed by atoms with Crippen molar-refractivity contribution in [2.45, 2.75) is 39.5 Å². The van der Waals surface area contributed by atoms with E-state index in [4.69, 9.17) is 9.15 Å². The third-order valence-electron chi connectivity index (χ3n) is 3.98. The lowest BCUT2D eigenvalue weighted by Crippen LogP contribution is -2.18. The summed E-state index contributed by atoms with van der Waals surface area (Å²) in [6.07, 6.45) is -0.0715. The van der Waals surface area contributed by atoms with Gasteiger partial charge in [-0.25, -0.2) is 14.6 Å². The summed E-state index contributed by atoms with van der Waals surface area (Å²) in [4.78, 5) is 40.6. The minimum absolute atomic E-state index is 0.0715. The summed E-state index contributed by atoms with van der Waals surface area (Å²) in [5.41, 5.74) is 0.792. The van der Waals surface area contributed by atoms with E-state index in [9.17, 15) is 14.4 Å². The van der Waals surface area contributed by atoms with Crippen LogP contribution in [-0.4, -0.2) is 37.0 Å². The van der Waals surface area contributed by atoms with Crippen molar-refractivity contribution in [2.75, 3.05) is 19.5 Å². The van der Waals surface area contributed by atoms with Crippen LogP contribution in [0.25, 0.3) is 0 Å². The molecule has 0 atom stereocenters. The van der Waals surface area contributed by atoms with Gasteiger partial charge in [0.1, 0.15) is 5.76 Å². The molecule has 0 saturated carbocycles. The minimum atomic E-state index is -0.641. The Bertz CT molecular complexity index is 908. The molecule has 8 nitrogen and oxygen atoms in total. The number of methoxy groups -OCH3 is 2.